The van der Waals surface area contributed by atoms with Crippen LogP contribution in [0.15, 0.2) is 97.1 Å². The van der Waals surface area contributed by atoms with E-state index in [4.69, 9.17) is 0 Å². The van der Waals surface area contributed by atoms with Gasteiger partial charge in [-0.3, -0.25) is 0 Å². The summed E-state index contributed by atoms with van der Waals surface area (Å²) < 4.78 is 4.44. The zero-order valence-corrected chi connectivity index (χ0v) is 26.5. The summed E-state index contributed by atoms with van der Waals surface area (Å²) in [6.07, 6.45) is 0. The van der Waals surface area contributed by atoms with E-state index in [2.05, 4.69) is 147 Å². The van der Waals surface area contributed by atoms with Crippen LogP contribution >= 0.6 is 0 Å². The molecule has 3 nitrogen and oxygen atoms in total. The standard InChI is InChI=1S/C25H26N2.C12H8N.Au/c1-16-11-18(3)24(19(4)12-16)26-15-27(23-10-8-7-9-22(23)26)25-20(5)13-17(2)14-21(25)6;1-3-7-11-9(5-1)10-6-2-4-8-12(10)13-11;/h7-14H,1-6H3;1-8H;/q+2;-1;+1. The number of rotatable bonds is 2. The largest absolute Gasteiger partial charge is 1.00 e. The SMILES string of the molecule is Cc1cc(C)c([N+]2=C=[N+](c3c(C)cc(C)cc3C)c3ccccc32)c(C)c1.[Au+].c1ccc2c(c1)[n-]c1ccccc12. The summed E-state index contributed by atoms with van der Waals surface area (Å²) in [4.78, 5) is 4.52. The third-order valence-electron chi connectivity index (χ3n) is 7.62. The molecule has 1 aliphatic heterocycles. The Labute approximate surface area is 258 Å². The molecule has 206 valence electrons. The van der Waals surface area contributed by atoms with Crippen molar-refractivity contribution in [1.29, 1.82) is 0 Å². The minimum Gasteiger partial charge on any atom is -0.657 e. The van der Waals surface area contributed by atoms with Gasteiger partial charge in [0.2, 0.25) is 11.4 Å². The Kier molecular flexibility index (Phi) is 8.00. The number of nitrogens with zero attached hydrogens (tertiary/aromatic N) is 3. The van der Waals surface area contributed by atoms with Gasteiger partial charge in [0.05, 0.1) is 0 Å². The van der Waals surface area contributed by atoms with Gasteiger partial charge >= 0.3 is 28.4 Å². The topological polar surface area (TPSA) is 20.1 Å². The van der Waals surface area contributed by atoms with Crippen LogP contribution in [0.5, 0.6) is 0 Å². The zero-order chi connectivity index (χ0) is 28.0. The van der Waals surface area contributed by atoms with Crippen LogP contribution in [-0.2, 0) is 22.4 Å². The van der Waals surface area contributed by atoms with Gasteiger partial charge in [-0.05, 0) is 85.7 Å². The van der Waals surface area contributed by atoms with Crippen molar-refractivity contribution in [2.75, 3.05) is 0 Å². The molecule has 0 saturated carbocycles. The van der Waals surface area contributed by atoms with E-state index < -0.39 is 0 Å². The normalized spacial score (nSPS) is 11.9. The monoisotopic (exact) mass is 717 g/mol. The van der Waals surface area contributed by atoms with E-state index in [0.29, 0.717) is 0 Å². The van der Waals surface area contributed by atoms with Crippen LogP contribution in [0, 0.1) is 41.5 Å². The molecule has 4 heteroatoms. The van der Waals surface area contributed by atoms with Gasteiger partial charge in [0.15, 0.2) is 0 Å². The first-order valence-electron chi connectivity index (χ1n) is 13.8. The second-order valence-corrected chi connectivity index (χ2v) is 10.9. The molecule has 0 N–H and O–H groups in total. The van der Waals surface area contributed by atoms with Gasteiger partial charge in [0.25, 0.3) is 11.4 Å². The van der Waals surface area contributed by atoms with E-state index in [-0.39, 0.29) is 22.4 Å². The van der Waals surface area contributed by atoms with Crippen molar-refractivity contribution in [3.8, 4) is 0 Å². The fourth-order valence-electron chi connectivity index (χ4n) is 6.17. The number of hydrogen-bond acceptors (Lipinski definition) is 0. The molecule has 0 bridgehead atoms. The molecule has 1 aromatic heterocycles. The van der Waals surface area contributed by atoms with Gasteiger partial charge in [-0.1, -0.05) is 71.8 Å². The molecule has 5 aromatic carbocycles. The molecule has 1 aliphatic rings. The van der Waals surface area contributed by atoms with Crippen LogP contribution < -0.4 is 14.1 Å². The predicted molar refractivity (Wildman–Crippen MR) is 170 cm³/mol. The summed E-state index contributed by atoms with van der Waals surface area (Å²) in [7, 11) is 0. The summed E-state index contributed by atoms with van der Waals surface area (Å²) >= 11 is 0. The summed E-state index contributed by atoms with van der Waals surface area (Å²) in [6.45, 7) is 13.0. The molecule has 0 saturated heterocycles. The predicted octanol–water partition coefficient (Wildman–Crippen LogP) is 9.34. The smallest absolute Gasteiger partial charge is 0.657 e. The summed E-state index contributed by atoms with van der Waals surface area (Å²) in [5.74, 6) is 0. The van der Waals surface area contributed by atoms with Gasteiger partial charge in [-0.25, -0.2) is 0 Å². The first-order valence-corrected chi connectivity index (χ1v) is 13.8. The van der Waals surface area contributed by atoms with E-state index in [1.165, 1.54) is 66.9 Å². The van der Waals surface area contributed by atoms with E-state index in [9.17, 15) is 0 Å². The fraction of sp³-hybridized carbons (Fsp3) is 0.162. The van der Waals surface area contributed by atoms with Crippen molar-refractivity contribution >= 4 is 50.6 Å². The van der Waals surface area contributed by atoms with Gasteiger partial charge in [-0.2, -0.15) is 0 Å². The van der Waals surface area contributed by atoms with E-state index in [1.54, 1.807) is 0 Å². The number of hydrogen-bond donors (Lipinski definition) is 0. The molecule has 2 heterocycles. The Morgan fingerprint density at radius 2 is 0.829 bits per heavy atom. The van der Waals surface area contributed by atoms with E-state index in [0.717, 1.165) is 11.0 Å². The molecule has 0 spiro atoms. The Morgan fingerprint density at radius 3 is 1.22 bits per heavy atom. The van der Waals surface area contributed by atoms with Crippen LogP contribution in [0.2, 0.25) is 0 Å². The van der Waals surface area contributed by atoms with Gasteiger partial charge in [-0.15, -0.1) is 11.0 Å². The molecule has 0 amide bonds. The van der Waals surface area contributed by atoms with E-state index in [1.807, 2.05) is 12.1 Å². The molecule has 0 atom stereocenters. The maximum Gasteiger partial charge on any atom is 1.00 e. The molecule has 0 aliphatic carbocycles. The van der Waals surface area contributed by atoms with Crippen molar-refractivity contribution in [2.24, 2.45) is 0 Å². The molecule has 0 radical (unpaired) electrons. The van der Waals surface area contributed by atoms with Crippen LogP contribution in [0.1, 0.15) is 33.4 Å². The zero-order valence-electron chi connectivity index (χ0n) is 24.4. The minimum atomic E-state index is 0. The third kappa shape index (κ3) is 5.26. The van der Waals surface area contributed by atoms with Crippen LogP contribution in [0.3, 0.4) is 0 Å². The Hall–Kier alpha value is -3.98. The van der Waals surface area contributed by atoms with Crippen molar-refractivity contribution in [2.45, 2.75) is 41.5 Å². The summed E-state index contributed by atoms with van der Waals surface area (Å²) in [5, 5.41) is 2.50. The molecule has 0 unspecified atom stereocenters. The summed E-state index contributed by atoms with van der Waals surface area (Å²) in [5.41, 5.74) is 14.6. The van der Waals surface area contributed by atoms with Gasteiger partial charge < -0.3 is 4.98 Å². The van der Waals surface area contributed by atoms with E-state index >= 15 is 0 Å². The third-order valence-corrected chi connectivity index (χ3v) is 7.62. The van der Waals surface area contributed by atoms with Crippen molar-refractivity contribution in [3.05, 3.63) is 130 Å². The second-order valence-electron chi connectivity index (χ2n) is 10.9. The van der Waals surface area contributed by atoms with Crippen LogP contribution in [0.25, 0.3) is 21.8 Å². The molecule has 7 rings (SSSR count). The number of para-hydroxylation sites is 4. The fourth-order valence-corrected chi connectivity index (χ4v) is 6.17. The average molecular weight is 718 g/mol. The van der Waals surface area contributed by atoms with Crippen LogP contribution in [-0.4, -0.2) is 6.01 Å². The quantitative estimate of drug-likeness (QED) is 0.129. The Morgan fingerprint density at radius 1 is 0.488 bits per heavy atom. The Balaban J connectivity index is 0.000000201. The molecule has 41 heavy (non-hydrogen) atoms. The number of fused-ring (bicyclic) bond motifs is 4. The molecular formula is C37H34AuN3+2. The van der Waals surface area contributed by atoms with Crippen LogP contribution in [0.4, 0.5) is 22.7 Å². The van der Waals surface area contributed by atoms with Crippen molar-refractivity contribution in [1.82, 2.24) is 14.1 Å². The number of aryl methyl sites for hydroxylation is 6. The molecule has 6 aromatic rings. The van der Waals surface area contributed by atoms with Crippen molar-refractivity contribution in [3.63, 3.8) is 0 Å². The molecule has 0 fully saturated rings. The minimum absolute atomic E-state index is 0. The average Bonchev–Trinajstić information content (AvgIpc) is 3.47. The number of benzene rings is 5. The Bertz CT molecular complexity index is 1820. The number of aromatic nitrogens is 1. The summed E-state index contributed by atoms with van der Waals surface area (Å²) in [6, 6.07) is 37.7. The second kappa shape index (κ2) is 11.5. The first-order chi connectivity index (χ1) is 19.3. The maximum atomic E-state index is 4.52. The van der Waals surface area contributed by atoms with Gasteiger partial charge in [0, 0.05) is 34.4 Å². The van der Waals surface area contributed by atoms with Gasteiger partial charge in [0.1, 0.15) is 0 Å². The maximum absolute atomic E-state index is 4.52. The first kappa shape index (κ1) is 28.5. The van der Waals surface area contributed by atoms with Crippen molar-refractivity contribution < 1.29 is 22.4 Å². The molecular weight excluding hydrogens is 683 g/mol.